The van der Waals surface area contributed by atoms with Crippen LogP contribution in [0.15, 0.2) is 12.1 Å². The zero-order chi connectivity index (χ0) is 13.6. The van der Waals surface area contributed by atoms with Gasteiger partial charge in [-0.3, -0.25) is 0 Å². The molecule has 0 amide bonds. The van der Waals surface area contributed by atoms with E-state index in [1.54, 1.807) is 0 Å². The number of benzene rings is 1. The molecular weight excluding hydrogens is 317 g/mol. The lowest BCUT2D eigenvalue weighted by Crippen LogP contribution is -2.13. The second kappa shape index (κ2) is 5.12. The van der Waals surface area contributed by atoms with Gasteiger partial charge in [-0.05, 0) is 49.5 Å². The van der Waals surface area contributed by atoms with Crippen LogP contribution in [0.5, 0.6) is 0 Å². The molecule has 104 valence electrons. The maximum Gasteiger partial charge on any atom is 0.161 e. The molecule has 0 nitrogen and oxygen atoms in total. The fourth-order valence-corrected chi connectivity index (χ4v) is 4.67. The van der Waals surface area contributed by atoms with E-state index in [0.717, 1.165) is 24.3 Å². The molecule has 2 fully saturated rings. The lowest BCUT2D eigenvalue weighted by atomic mass is 9.84. The zero-order valence-electron chi connectivity index (χ0n) is 10.5. The summed E-state index contributed by atoms with van der Waals surface area (Å²) in [5, 5.41) is 0. The van der Waals surface area contributed by atoms with Gasteiger partial charge in [0.15, 0.2) is 11.6 Å². The van der Waals surface area contributed by atoms with Crippen LogP contribution in [0.4, 0.5) is 13.2 Å². The third-order valence-corrected chi connectivity index (χ3v) is 5.64. The molecule has 2 bridgehead atoms. The number of hydrogen-bond donors (Lipinski definition) is 0. The standard InChI is InChI=1S/C15H16BrF3/c16-12(5-10-4-8-1-2-9(10)3-8)11-6-14(18)15(19)7-13(11)17/h6-10,12H,1-5H2. The molecule has 4 unspecified atom stereocenters. The van der Waals surface area contributed by atoms with Crippen molar-refractivity contribution in [1.29, 1.82) is 0 Å². The molecule has 0 saturated heterocycles. The number of hydrogen-bond acceptors (Lipinski definition) is 0. The van der Waals surface area contributed by atoms with Crippen molar-refractivity contribution in [2.24, 2.45) is 17.8 Å². The molecule has 1 aromatic carbocycles. The van der Waals surface area contributed by atoms with Gasteiger partial charge < -0.3 is 0 Å². The third-order valence-electron chi connectivity index (χ3n) is 4.77. The van der Waals surface area contributed by atoms with Gasteiger partial charge in [-0.2, -0.15) is 0 Å². The summed E-state index contributed by atoms with van der Waals surface area (Å²) in [6, 6.07) is 1.62. The number of alkyl halides is 1. The summed E-state index contributed by atoms with van der Waals surface area (Å²) in [6.07, 6.45) is 5.91. The van der Waals surface area contributed by atoms with E-state index >= 15 is 0 Å². The van der Waals surface area contributed by atoms with Gasteiger partial charge in [-0.1, -0.05) is 22.4 Å². The van der Waals surface area contributed by atoms with Crippen LogP contribution in [0.2, 0.25) is 0 Å². The van der Waals surface area contributed by atoms with E-state index in [1.807, 2.05) is 0 Å². The van der Waals surface area contributed by atoms with Crippen LogP contribution in [0.25, 0.3) is 0 Å². The molecule has 3 rings (SSSR count). The first-order chi connectivity index (χ1) is 9.04. The minimum Gasteiger partial charge on any atom is -0.207 e. The summed E-state index contributed by atoms with van der Waals surface area (Å²) in [5.74, 6) is -0.586. The zero-order valence-corrected chi connectivity index (χ0v) is 12.1. The average Bonchev–Trinajstić information content (AvgIpc) is 2.95. The van der Waals surface area contributed by atoms with Crippen molar-refractivity contribution in [1.82, 2.24) is 0 Å². The van der Waals surface area contributed by atoms with E-state index < -0.39 is 17.5 Å². The monoisotopic (exact) mass is 332 g/mol. The van der Waals surface area contributed by atoms with Crippen molar-refractivity contribution in [3.63, 3.8) is 0 Å². The van der Waals surface area contributed by atoms with Crippen molar-refractivity contribution in [2.45, 2.75) is 36.9 Å². The van der Waals surface area contributed by atoms with E-state index in [1.165, 1.54) is 25.7 Å². The summed E-state index contributed by atoms with van der Waals surface area (Å²) in [6.45, 7) is 0. The van der Waals surface area contributed by atoms with E-state index in [4.69, 9.17) is 0 Å². The van der Waals surface area contributed by atoms with Crippen molar-refractivity contribution in [3.05, 3.63) is 35.1 Å². The molecule has 2 aliphatic carbocycles. The molecule has 0 aromatic heterocycles. The van der Waals surface area contributed by atoms with Crippen LogP contribution >= 0.6 is 15.9 Å². The second-order valence-corrected chi connectivity index (χ2v) is 7.03. The molecule has 0 spiro atoms. The molecule has 0 heterocycles. The van der Waals surface area contributed by atoms with Crippen molar-refractivity contribution in [3.8, 4) is 0 Å². The first-order valence-corrected chi connectivity index (χ1v) is 7.74. The minimum atomic E-state index is -1.12. The summed E-state index contributed by atoms with van der Waals surface area (Å²) in [7, 11) is 0. The molecule has 0 aliphatic heterocycles. The highest BCUT2D eigenvalue weighted by atomic mass is 79.9. The van der Waals surface area contributed by atoms with Crippen LogP contribution in [0.1, 0.15) is 42.5 Å². The molecule has 0 radical (unpaired) electrons. The lowest BCUT2D eigenvalue weighted by molar-refractivity contribution is 0.312. The predicted molar refractivity (Wildman–Crippen MR) is 71.5 cm³/mol. The summed E-state index contributed by atoms with van der Waals surface area (Å²) >= 11 is 3.45. The Hall–Kier alpha value is -0.510. The van der Waals surface area contributed by atoms with Crippen molar-refractivity contribution in [2.75, 3.05) is 0 Å². The van der Waals surface area contributed by atoms with E-state index in [2.05, 4.69) is 15.9 Å². The van der Waals surface area contributed by atoms with Gasteiger partial charge in [0.1, 0.15) is 5.82 Å². The number of fused-ring (bicyclic) bond motifs is 2. The largest absolute Gasteiger partial charge is 0.207 e. The van der Waals surface area contributed by atoms with Crippen LogP contribution in [0, 0.1) is 35.2 Å². The van der Waals surface area contributed by atoms with Gasteiger partial charge in [0.2, 0.25) is 0 Å². The van der Waals surface area contributed by atoms with Gasteiger partial charge >= 0.3 is 0 Å². The van der Waals surface area contributed by atoms with Gasteiger partial charge in [0.25, 0.3) is 0 Å². The minimum absolute atomic E-state index is 0.230. The second-order valence-electron chi connectivity index (χ2n) is 5.93. The molecule has 2 aliphatic rings. The fraction of sp³-hybridized carbons (Fsp3) is 0.600. The maximum atomic E-state index is 13.7. The Labute approximate surface area is 119 Å². The summed E-state index contributed by atoms with van der Waals surface area (Å²) < 4.78 is 39.8. The normalized spacial score (nSPS) is 30.8. The van der Waals surface area contributed by atoms with Crippen LogP contribution in [0.3, 0.4) is 0 Å². The van der Waals surface area contributed by atoms with Crippen LogP contribution in [-0.4, -0.2) is 0 Å². The molecule has 1 aromatic rings. The highest BCUT2D eigenvalue weighted by Gasteiger charge is 2.40. The molecule has 4 heteroatoms. The molecule has 2 saturated carbocycles. The Balaban J connectivity index is 1.73. The van der Waals surface area contributed by atoms with Crippen LogP contribution in [-0.2, 0) is 0 Å². The Bertz CT molecular complexity index is 489. The van der Waals surface area contributed by atoms with Crippen molar-refractivity contribution < 1.29 is 13.2 Å². The van der Waals surface area contributed by atoms with Gasteiger partial charge in [0, 0.05) is 16.5 Å². The Morgan fingerprint density at radius 2 is 1.79 bits per heavy atom. The van der Waals surface area contributed by atoms with Gasteiger partial charge in [-0.15, -0.1) is 0 Å². The topological polar surface area (TPSA) is 0 Å². The predicted octanol–water partition coefficient (Wildman–Crippen LogP) is 5.37. The van der Waals surface area contributed by atoms with Gasteiger partial charge in [0.05, 0.1) is 0 Å². The smallest absolute Gasteiger partial charge is 0.161 e. The van der Waals surface area contributed by atoms with E-state index in [-0.39, 0.29) is 10.4 Å². The molecule has 19 heavy (non-hydrogen) atoms. The molecule has 0 N–H and O–H groups in total. The molecule has 4 atom stereocenters. The fourth-order valence-electron chi connectivity index (χ4n) is 3.84. The molecular formula is C15H16BrF3. The summed E-state index contributed by atoms with van der Waals surface area (Å²) in [5.41, 5.74) is 0.238. The SMILES string of the molecule is Fc1cc(F)c(C(Br)CC2CC3CCC2C3)cc1F. The number of halogens is 4. The Morgan fingerprint density at radius 3 is 2.42 bits per heavy atom. The highest BCUT2D eigenvalue weighted by molar-refractivity contribution is 9.09. The quantitative estimate of drug-likeness (QED) is 0.516. The van der Waals surface area contributed by atoms with Crippen molar-refractivity contribution >= 4 is 15.9 Å². The summed E-state index contributed by atoms with van der Waals surface area (Å²) in [4.78, 5) is -0.230. The highest BCUT2D eigenvalue weighted by Crippen LogP contribution is 2.52. The number of rotatable bonds is 3. The van der Waals surface area contributed by atoms with Gasteiger partial charge in [-0.25, -0.2) is 13.2 Å². The Morgan fingerprint density at radius 1 is 1.05 bits per heavy atom. The van der Waals surface area contributed by atoms with Crippen LogP contribution < -0.4 is 0 Å². The average molecular weight is 333 g/mol. The lowest BCUT2D eigenvalue weighted by Gasteiger charge is -2.24. The first kappa shape index (κ1) is 13.5. The Kier molecular flexibility index (Phi) is 3.63. The third kappa shape index (κ3) is 2.56. The first-order valence-electron chi connectivity index (χ1n) is 6.83. The van der Waals surface area contributed by atoms with E-state index in [0.29, 0.717) is 12.0 Å². The van der Waals surface area contributed by atoms with E-state index in [9.17, 15) is 13.2 Å². The maximum absolute atomic E-state index is 13.7.